The second kappa shape index (κ2) is 16.2. The monoisotopic (exact) mass is 666 g/mol. The Balaban J connectivity index is 1.25. The molecule has 6 rings (SSSR count). The number of piperidine rings is 1. The third-order valence-corrected chi connectivity index (χ3v) is 9.53. The van der Waals surface area contributed by atoms with Crippen molar-refractivity contribution in [1.29, 1.82) is 0 Å². The van der Waals surface area contributed by atoms with Crippen molar-refractivity contribution >= 4 is 11.8 Å². The van der Waals surface area contributed by atoms with Crippen LogP contribution in [0, 0.1) is 0 Å². The van der Waals surface area contributed by atoms with Gasteiger partial charge in [0.25, 0.3) is 0 Å². The van der Waals surface area contributed by atoms with E-state index in [9.17, 15) is 15.0 Å². The van der Waals surface area contributed by atoms with Gasteiger partial charge in [-0.1, -0.05) is 67.6 Å². The normalized spacial score (nSPS) is 20.4. The Morgan fingerprint density at radius 2 is 1.63 bits per heavy atom. The number of benzene rings is 4. The molecule has 1 fully saturated rings. The number of carboxylic acid groups (broad SMARTS) is 1. The van der Waals surface area contributed by atoms with Gasteiger partial charge in [-0.2, -0.15) is 0 Å². The van der Waals surface area contributed by atoms with E-state index in [2.05, 4.69) is 30.0 Å². The van der Waals surface area contributed by atoms with Crippen molar-refractivity contribution in [3.05, 3.63) is 119 Å². The van der Waals surface area contributed by atoms with E-state index in [0.717, 1.165) is 59.8 Å². The van der Waals surface area contributed by atoms with E-state index in [1.807, 2.05) is 78.9 Å². The molecule has 0 spiro atoms. The van der Waals surface area contributed by atoms with Crippen LogP contribution >= 0.6 is 0 Å². The number of likely N-dealkylation sites (tertiary alicyclic amines) is 1. The number of amides is 1. The molecule has 0 saturated carbocycles. The Kier molecular flexibility index (Phi) is 11.4. The molecule has 2 N–H and O–H groups in total. The highest BCUT2D eigenvalue weighted by Gasteiger charge is 2.46. The molecule has 4 atom stereocenters. The van der Waals surface area contributed by atoms with Gasteiger partial charge < -0.3 is 34.1 Å². The summed E-state index contributed by atoms with van der Waals surface area (Å²) in [4.78, 5) is 16.3. The molecule has 2 aliphatic rings. The van der Waals surface area contributed by atoms with E-state index in [1.54, 1.807) is 7.11 Å². The highest BCUT2D eigenvalue weighted by molar-refractivity contribution is 5.66. The van der Waals surface area contributed by atoms with Crippen LogP contribution in [0.1, 0.15) is 41.5 Å². The molecule has 1 amide bonds. The van der Waals surface area contributed by atoms with Gasteiger partial charge in [-0.05, 0) is 77.9 Å². The quantitative estimate of drug-likeness (QED) is 0.149. The SMILES string of the molecule is CCc1ccc(Oc2ccc([C@@H]3[C@@H](OCc4ccc5c(c4)N(CCCOC)CCO5)CN(C(=O)O)C(Cc4ccccc4)[C@H]3O)cc2)cc1. The van der Waals surface area contributed by atoms with Crippen molar-refractivity contribution in [3.8, 4) is 17.2 Å². The number of aliphatic hydroxyl groups excluding tert-OH is 1. The second-order valence-electron chi connectivity index (χ2n) is 12.7. The summed E-state index contributed by atoms with van der Waals surface area (Å²) < 4.78 is 23.9. The number of ether oxygens (including phenoxy) is 4. The molecule has 4 aromatic rings. The van der Waals surface area contributed by atoms with Gasteiger partial charge >= 0.3 is 6.09 Å². The zero-order valence-electron chi connectivity index (χ0n) is 28.2. The van der Waals surface area contributed by atoms with Crippen LogP contribution in [0.15, 0.2) is 97.1 Å². The minimum Gasteiger partial charge on any atom is -0.490 e. The van der Waals surface area contributed by atoms with Crippen molar-refractivity contribution in [1.82, 2.24) is 4.90 Å². The standard InChI is InChI=1S/C40H46N2O7/c1-3-28-10-15-32(16-11-28)49-33-17-13-31(14-18-33)38-37(26-42(40(44)45)35(39(38)43)24-29-8-5-4-6-9-29)48-27-30-12-19-36-34(25-30)41(21-23-47-36)20-7-22-46-2/h4-6,8-19,25,35,37-39,43H,3,7,20-24,26-27H2,1-2H3,(H,44,45)/t35?,37-,38+,39+/m0/s1. The van der Waals surface area contributed by atoms with Crippen molar-refractivity contribution in [2.24, 2.45) is 0 Å². The third kappa shape index (κ3) is 8.36. The smallest absolute Gasteiger partial charge is 0.407 e. The number of hydrogen-bond acceptors (Lipinski definition) is 7. The molecule has 0 bridgehead atoms. The Morgan fingerprint density at radius 1 is 0.918 bits per heavy atom. The molecule has 0 radical (unpaired) electrons. The third-order valence-electron chi connectivity index (χ3n) is 9.53. The lowest BCUT2D eigenvalue weighted by molar-refractivity contribution is -0.0911. The molecule has 9 nitrogen and oxygen atoms in total. The predicted molar refractivity (Wildman–Crippen MR) is 189 cm³/mol. The summed E-state index contributed by atoms with van der Waals surface area (Å²) in [5, 5.41) is 22.4. The van der Waals surface area contributed by atoms with E-state index in [4.69, 9.17) is 18.9 Å². The first-order chi connectivity index (χ1) is 23.9. The van der Waals surface area contributed by atoms with Gasteiger partial charge in [0.1, 0.15) is 23.9 Å². The maximum atomic E-state index is 12.6. The first kappa shape index (κ1) is 34.3. The van der Waals surface area contributed by atoms with Crippen molar-refractivity contribution in [2.75, 3.05) is 44.9 Å². The Hall–Kier alpha value is -4.57. The van der Waals surface area contributed by atoms with E-state index >= 15 is 0 Å². The molecular formula is C40H46N2O7. The summed E-state index contributed by atoms with van der Waals surface area (Å²) in [7, 11) is 1.71. The molecule has 0 aliphatic carbocycles. The number of aryl methyl sites for hydroxylation is 1. The minimum atomic E-state index is -1.08. The summed E-state index contributed by atoms with van der Waals surface area (Å²) in [6.45, 7) is 5.44. The highest BCUT2D eigenvalue weighted by atomic mass is 16.5. The lowest BCUT2D eigenvalue weighted by Crippen LogP contribution is -2.60. The molecule has 4 aromatic carbocycles. The Morgan fingerprint density at radius 3 is 2.33 bits per heavy atom. The number of hydrogen-bond donors (Lipinski definition) is 2. The lowest BCUT2D eigenvalue weighted by atomic mass is 9.79. The average molecular weight is 667 g/mol. The topological polar surface area (TPSA) is 101 Å². The van der Waals surface area contributed by atoms with Gasteiger partial charge in [0.2, 0.25) is 0 Å². The summed E-state index contributed by atoms with van der Waals surface area (Å²) in [5.41, 5.74) is 5.01. The Labute approximate surface area is 288 Å². The molecule has 258 valence electrons. The number of aliphatic hydroxyl groups is 1. The first-order valence-electron chi connectivity index (χ1n) is 17.1. The molecule has 2 heterocycles. The summed E-state index contributed by atoms with van der Waals surface area (Å²) in [6.07, 6.45) is -0.449. The lowest BCUT2D eigenvalue weighted by Gasteiger charge is -2.46. The van der Waals surface area contributed by atoms with Gasteiger partial charge in [0, 0.05) is 26.2 Å². The van der Waals surface area contributed by atoms with Crippen LogP contribution in [0.3, 0.4) is 0 Å². The van der Waals surface area contributed by atoms with Gasteiger partial charge in [0.05, 0.1) is 43.6 Å². The van der Waals surface area contributed by atoms with Gasteiger partial charge in [-0.15, -0.1) is 0 Å². The number of rotatable bonds is 13. The van der Waals surface area contributed by atoms with Crippen molar-refractivity contribution < 1.29 is 34.0 Å². The predicted octanol–water partition coefficient (Wildman–Crippen LogP) is 6.91. The van der Waals surface area contributed by atoms with Crippen LogP contribution in [-0.2, 0) is 28.9 Å². The average Bonchev–Trinajstić information content (AvgIpc) is 3.13. The molecule has 9 heteroatoms. The van der Waals surface area contributed by atoms with Crippen LogP contribution in [0.5, 0.6) is 17.2 Å². The first-order valence-corrected chi connectivity index (χ1v) is 17.1. The molecular weight excluding hydrogens is 620 g/mol. The van der Waals surface area contributed by atoms with Crippen LogP contribution in [-0.4, -0.2) is 79.4 Å². The second-order valence-corrected chi connectivity index (χ2v) is 12.7. The van der Waals surface area contributed by atoms with Gasteiger partial charge in [-0.25, -0.2) is 4.79 Å². The summed E-state index contributed by atoms with van der Waals surface area (Å²) in [6, 6.07) is 30.8. The summed E-state index contributed by atoms with van der Waals surface area (Å²) in [5.74, 6) is 1.78. The Bertz CT molecular complexity index is 1650. The largest absolute Gasteiger partial charge is 0.490 e. The number of fused-ring (bicyclic) bond motifs is 1. The molecule has 2 aliphatic heterocycles. The number of nitrogens with zero attached hydrogens (tertiary/aromatic N) is 2. The van der Waals surface area contributed by atoms with Crippen LogP contribution in [0.25, 0.3) is 0 Å². The minimum absolute atomic E-state index is 0.119. The van der Waals surface area contributed by atoms with Crippen LogP contribution in [0.4, 0.5) is 10.5 Å². The van der Waals surface area contributed by atoms with Crippen molar-refractivity contribution in [2.45, 2.75) is 57.0 Å². The van der Waals surface area contributed by atoms with E-state index < -0.39 is 30.3 Å². The van der Waals surface area contributed by atoms with Crippen LogP contribution in [0.2, 0.25) is 0 Å². The number of anilines is 1. The summed E-state index contributed by atoms with van der Waals surface area (Å²) >= 11 is 0. The van der Waals surface area contributed by atoms with Gasteiger partial charge in [-0.3, -0.25) is 4.90 Å². The van der Waals surface area contributed by atoms with E-state index in [-0.39, 0.29) is 13.2 Å². The number of methoxy groups -OCH3 is 1. The molecule has 1 saturated heterocycles. The fourth-order valence-electron chi connectivity index (χ4n) is 6.89. The molecule has 0 aromatic heterocycles. The fraction of sp³-hybridized carbons (Fsp3) is 0.375. The molecule has 1 unspecified atom stereocenters. The zero-order chi connectivity index (χ0) is 34.2. The zero-order valence-corrected chi connectivity index (χ0v) is 28.2. The maximum Gasteiger partial charge on any atom is 0.407 e. The van der Waals surface area contributed by atoms with E-state index in [0.29, 0.717) is 25.4 Å². The van der Waals surface area contributed by atoms with Gasteiger partial charge in [0.15, 0.2) is 0 Å². The van der Waals surface area contributed by atoms with Crippen molar-refractivity contribution in [3.63, 3.8) is 0 Å². The highest BCUT2D eigenvalue weighted by Crippen LogP contribution is 2.38. The van der Waals surface area contributed by atoms with Crippen LogP contribution < -0.4 is 14.4 Å². The molecule has 49 heavy (non-hydrogen) atoms. The maximum absolute atomic E-state index is 12.6. The van der Waals surface area contributed by atoms with E-state index in [1.165, 1.54) is 10.5 Å². The fourth-order valence-corrected chi connectivity index (χ4v) is 6.89. The number of carbonyl (C=O) groups is 1.